The smallest absolute Gasteiger partial charge is 0.241 e. The number of thioether (sulfide) groups is 1. The summed E-state index contributed by atoms with van der Waals surface area (Å²) in [5, 5.41) is 11.1. The number of aryl methyl sites for hydroxylation is 1. The van der Waals surface area contributed by atoms with E-state index in [0.29, 0.717) is 11.8 Å². The molecule has 1 fully saturated rings. The van der Waals surface area contributed by atoms with Crippen LogP contribution >= 0.6 is 11.8 Å². The van der Waals surface area contributed by atoms with Gasteiger partial charge >= 0.3 is 0 Å². The van der Waals surface area contributed by atoms with Gasteiger partial charge in [0, 0.05) is 22.7 Å². The van der Waals surface area contributed by atoms with Gasteiger partial charge in [0.05, 0.1) is 11.3 Å². The maximum Gasteiger partial charge on any atom is 0.241 e. The Hall–Kier alpha value is -2.86. The van der Waals surface area contributed by atoms with Crippen LogP contribution in [-0.2, 0) is 0 Å². The Morgan fingerprint density at radius 3 is 2.47 bits per heavy atom. The molecule has 2 aromatic carbocycles. The van der Waals surface area contributed by atoms with E-state index in [9.17, 15) is 4.79 Å². The van der Waals surface area contributed by atoms with Crippen LogP contribution in [0.15, 0.2) is 59.8 Å². The first-order chi connectivity index (χ1) is 15.6. The Morgan fingerprint density at radius 2 is 1.69 bits per heavy atom. The first-order valence-corrected chi connectivity index (χ1v) is 12.4. The average Bonchev–Trinajstić information content (AvgIpc) is 3.38. The van der Waals surface area contributed by atoms with Crippen LogP contribution in [0.3, 0.4) is 0 Å². The molecule has 0 bridgehead atoms. The number of benzene rings is 2. The van der Waals surface area contributed by atoms with E-state index in [0.717, 1.165) is 51.5 Å². The van der Waals surface area contributed by atoms with E-state index in [4.69, 9.17) is 0 Å². The molecule has 0 saturated heterocycles. The molecule has 164 valence electrons. The fraction of sp³-hybridized carbons (Fsp3) is 0.346. The molecule has 0 atom stereocenters. The lowest BCUT2D eigenvalue weighted by Crippen LogP contribution is -2.17. The summed E-state index contributed by atoms with van der Waals surface area (Å²) in [4.78, 5) is 13.3. The fourth-order valence-corrected chi connectivity index (χ4v) is 5.72. The van der Waals surface area contributed by atoms with Crippen molar-refractivity contribution in [1.29, 1.82) is 0 Å². The van der Waals surface area contributed by atoms with Crippen LogP contribution in [-0.4, -0.2) is 31.0 Å². The van der Waals surface area contributed by atoms with Crippen LogP contribution in [0.1, 0.15) is 54.2 Å². The number of para-hydroxylation sites is 1. The van der Waals surface area contributed by atoms with Gasteiger partial charge in [-0.15, -0.1) is 10.2 Å². The van der Waals surface area contributed by atoms with E-state index < -0.39 is 0 Å². The average molecular weight is 445 g/mol. The highest BCUT2D eigenvalue weighted by Crippen LogP contribution is 2.36. The van der Waals surface area contributed by atoms with Gasteiger partial charge < -0.3 is 0 Å². The predicted octanol–water partition coefficient (Wildman–Crippen LogP) is 6.45. The third-order valence-electron chi connectivity index (χ3n) is 6.64. The molecule has 2 aromatic heterocycles. The maximum atomic E-state index is 13.3. The molecule has 0 unspecified atom stereocenters. The summed E-state index contributed by atoms with van der Waals surface area (Å²) in [6.07, 6.45) is 6.03. The van der Waals surface area contributed by atoms with Gasteiger partial charge in [0.15, 0.2) is 11.0 Å². The molecule has 1 aliphatic rings. The zero-order valence-corrected chi connectivity index (χ0v) is 19.4. The summed E-state index contributed by atoms with van der Waals surface area (Å²) >= 11 is 1.50. The number of fused-ring (bicyclic) bond motifs is 1. The van der Waals surface area contributed by atoms with Gasteiger partial charge in [-0.25, -0.2) is 0 Å². The second-order valence-electron chi connectivity index (χ2n) is 8.58. The Kier molecular flexibility index (Phi) is 5.87. The van der Waals surface area contributed by atoms with Gasteiger partial charge in [-0.1, -0.05) is 79.6 Å². The number of carbonyl (C=O) groups excluding carboxylic acids is 1. The topological polar surface area (TPSA) is 52.7 Å². The van der Waals surface area contributed by atoms with Crippen LogP contribution in [0.4, 0.5) is 0 Å². The summed E-state index contributed by atoms with van der Waals surface area (Å²) in [6, 6.07) is 18.8. The third kappa shape index (κ3) is 3.77. The van der Waals surface area contributed by atoms with Crippen molar-refractivity contribution in [1.82, 2.24) is 19.3 Å². The highest BCUT2D eigenvalue weighted by molar-refractivity contribution is 7.99. The summed E-state index contributed by atoms with van der Waals surface area (Å²) in [7, 11) is 0. The van der Waals surface area contributed by atoms with Crippen molar-refractivity contribution < 1.29 is 4.79 Å². The minimum Gasteiger partial charge on any atom is -0.299 e. The first-order valence-electron chi connectivity index (χ1n) is 11.4. The predicted molar refractivity (Wildman–Crippen MR) is 130 cm³/mol. The lowest BCUT2D eigenvalue weighted by Gasteiger charge is -2.25. The second kappa shape index (κ2) is 8.94. The van der Waals surface area contributed by atoms with E-state index in [1.807, 2.05) is 47.9 Å². The van der Waals surface area contributed by atoms with E-state index in [-0.39, 0.29) is 5.91 Å². The van der Waals surface area contributed by atoms with Crippen molar-refractivity contribution in [2.24, 2.45) is 0 Å². The van der Waals surface area contributed by atoms with Gasteiger partial charge in [-0.3, -0.25) is 13.9 Å². The Morgan fingerprint density at radius 1 is 0.969 bits per heavy atom. The number of hydrogen-bond donors (Lipinski definition) is 0. The molecule has 5 nitrogen and oxygen atoms in total. The molecule has 0 spiro atoms. The van der Waals surface area contributed by atoms with Crippen molar-refractivity contribution >= 4 is 28.6 Å². The van der Waals surface area contributed by atoms with Gasteiger partial charge in [0.1, 0.15) is 0 Å². The summed E-state index contributed by atoms with van der Waals surface area (Å²) in [5.74, 6) is 1.32. The fourth-order valence-electron chi connectivity index (χ4n) is 4.87. The standard InChI is InChI=1S/C26H28N4OS/c1-18-19(2)29(23-16-10-9-15-22(18)23)24(31)17-32-26-28-27-25(20-11-5-3-6-12-20)30(26)21-13-7-4-8-14-21/h3,5-6,9-12,15-16,21H,4,7-8,13-14,17H2,1-2H3. The van der Waals surface area contributed by atoms with Gasteiger partial charge in [0.25, 0.3) is 0 Å². The molecule has 0 N–H and O–H groups in total. The largest absolute Gasteiger partial charge is 0.299 e. The SMILES string of the molecule is Cc1c(C)n(C(=O)CSc2nnc(-c3ccccc3)n2C2CCCCC2)c2ccccc12. The molecule has 0 amide bonds. The highest BCUT2D eigenvalue weighted by Gasteiger charge is 2.25. The lowest BCUT2D eigenvalue weighted by molar-refractivity contribution is 0.0944. The highest BCUT2D eigenvalue weighted by atomic mass is 32.2. The zero-order chi connectivity index (χ0) is 22.1. The molecule has 2 heterocycles. The zero-order valence-electron chi connectivity index (χ0n) is 18.6. The molecular formula is C26H28N4OS. The molecule has 1 aliphatic carbocycles. The monoisotopic (exact) mass is 444 g/mol. The van der Waals surface area contributed by atoms with Crippen molar-refractivity contribution in [3.05, 3.63) is 65.9 Å². The third-order valence-corrected chi connectivity index (χ3v) is 7.57. The second-order valence-corrected chi connectivity index (χ2v) is 9.52. The minimum absolute atomic E-state index is 0.0799. The lowest BCUT2D eigenvalue weighted by atomic mass is 9.95. The van der Waals surface area contributed by atoms with Gasteiger partial charge in [-0.05, 0) is 38.3 Å². The Labute approximate surface area is 192 Å². The van der Waals surface area contributed by atoms with Crippen molar-refractivity contribution in [2.75, 3.05) is 5.75 Å². The molecule has 0 radical (unpaired) electrons. The van der Waals surface area contributed by atoms with Crippen LogP contribution in [0.25, 0.3) is 22.3 Å². The van der Waals surface area contributed by atoms with Gasteiger partial charge in [-0.2, -0.15) is 0 Å². The van der Waals surface area contributed by atoms with Crippen LogP contribution in [0, 0.1) is 13.8 Å². The van der Waals surface area contributed by atoms with Crippen LogP contribution in [0.5, 0.6) is 0 Å². The molecule has 0 aliphatic heterocycles. The van der Waals surface area contributed by atoms with Crippen molar-refractivity contribution in [3.63, 3.8) is 0 Å². The number of aromatic nitrogens is 4. The number of rotatable bonds is 5. The molecule has 32 heavy (non-hydrogen) atoms. The van der Waals surface area contributed by atoms with E-state index in [1.165, 1.54) is 31.0 Å². The van der Waals surface area contributed by atoms with Gasteiger partial charge in [0.2, 0.25) is 5.91 Å². The Balaban J connectivity index is 1.45. The molecule has 5 rings (SSSR count). The van der Waals surface area contributed by atoms with Crippen molar-refractivity contribution in [2.45, 2.75) is 57.1 Å². The van der Waals surface area contributed by atoms with E-state index in [2.05, 4.69) is 39.9 Å². The minimum atomic E-state index is 0.0799. The normalized spacial score (nSPS) is 14.8. The molecular weight excluding hydrogens is 416 g/mol. The molecule has 4 aromatic rings. The summed E-state index contributed by atoms with van der Waals surface area (Å²) in [6.45, 7) is 4.11. The molecule has 1 saturated carbocycles. The Bertz CT molecular complexity index is 1250. The maximum absolute atomic E-state index is 13.3. The first kappa shape index (κ1) is 21.0. The van der Waals surface area contributed by atoms with Crippen LogP contribution < -0.4 is 0 Å². The summed E-state index contributed by atoms with van der Waals surface area (Å²) in [5.41, 5.74) is 4.23. The quantitative estimate of drug-likeness (QED) is 0.332. The van der Waals surface area contributed by atoms with E-state index >= 15 is 0 Å². The van der Waals surface area contributed by atoms with E-state index in [1.54, 1.807) is 0 Å². The number of carbonyl (C=O) groups is 1. The number of nitrogens with zero attached hydrogens (tertiary/aromatic N) is 4. The van der Waals surface area contributed by atoms with Crippen molar-refractivity contribution in [3.8, 4) is 11.4 Å². The molecule has 6 heteroatoms. The van der Waals surface area contributed by atoms with Crippen LogP contribution in [0.2, 0.25) is 0 Å². The number of hydrogen-bond acceptors (Lipinski definition) is 4. The summed E-state index contributed by atoms with van der Waals surface area (Å²) < 4.78 is 4.15.